The zero-order chi connectivity index (χ0) is 15.6. The fraction of sp³-hybridized carbons (Fsp3) is 0.462. The van der Waals surface area contributed by atoms with Gasteiger partial charge in [0.25, 0.3) is 0 Å². The Balaban J connectivity index is 2.26. The van der Waals surface area contributed by atoms with E-state index in [1.165, 1.54) is 15.6 Å². The van der Waals surface area contributed by atoms with Gasteiger partial charge >= 0.3 is 0 Å². The number of hydrogen-bond acceptors (Lipinski definition) is 6. The van der Waals surface area contributed by atoms with Gasteiger partial charge in [0.05, 0.1) is 17.7 Å². The van der Waals surface area contributed by atoms with E-state index in [2.05, 4.69) is 10.3 Å². The Morgan fingerprint density at radius 2 is 2.14 bits per heavy atom. The lowest BCUT2D eigenvalue weighted by Gasteiger charge is -2.15. The normalized spacial score (nSPS) is 12.2. The van der Waals surface area contributed by atoms with Crippen molar-refractivity contribution in [3.05, 3.63) is 33.7 Å². The minimum atomic E-state index is -3.57. The number of aryl methyl sites for hydroxylation is 2. The fourth-order valence-corrected chi connectivity index (χ4v) is 4.21. The Hall–Kier alpha value is -1.22. The van der Waals surface area contributed by atoms with Crippen LogP contribution in [0.1, 0.15) is 22.1 Å². The molecule has 6 nitrogen and oxygen atoms in total. The van der Waals surface area contributed by atoms with Crippen molar-refractivity contribution in [3.63, 3.8) is 0 Å². The van der Waals surface area contributed by atoms with Gasteiger partial charge in [-0.2, -0.15) is 4.31 Å². The van der Waals surface area contributed by atoms with Crippen molar-refractivity contribution in [3.8, 4) is 0 Å². The molecule has 2 aromatic heterocycles. The third-order valence-electron chi connectivity index (χ3n) is 3.17. The minimum absolute atomic E-state index is 0.220. The summed E-state index contributed by atoms with van der Waals surface area (Å²) in [6.07, 6.45) is 0. The average molecular weight is 329 g/mol. The molecular weight excluding hydrogens is 310 g/mol. The van der Waals surface area contributed by atoms with Gasteiger partial charge in [0.1, 0.15) is 16.4 Å². The molecule has 0 saturated carbocycles. The first kappa shape index (κ1) is 16.2. The summed E-state index contributed by atoms with van der Waals surface area (Å²) in [5.74, 6) is 1.02. The highest BCUT2D eigenvalue weighted by molar-refractivity contribution is 7.89. The van der Waals surface area contributed by atoms with E-state index in [0.29, 0.717) is 24.6 Å². The van der Waals surface area contributed by atoms with Gasteiger partial charge in [-0.05, 0) is 20.9 Å². The molecule has 0 unspecified atom stereocenters. The van der Waals surface area contributed by atoms with Crippen LogP contribution in [0.25, 0.3) is 0 Å². The number of nitrogens with zero attached hydrogens (tertiary/aromatic N) is 2. The molecule has 0 radical (unpaired) electrons. The lowest BCUT2D eigenvalue weighted by Crippen LogP contribution is -2.26. The van der Waals surface area contributed by atoms with E-state index in [1.807, 2.05) is 6.92 Å². The van der Waals surface area contributed by atoms with Crippen LogP contribution in [0, 0.1) is 13.8 Å². The number of aromatic nitrogens is 1. The zero-order valence-electron chi connectivity index (χ0n) is 12.5. The summed E-state index contributed by atoms with van der Waals surface area (Å²) in [6, 6.07) is 1.58. The third-order valence-corrected chi connectivity index (χ3v) is 6.00. The monoisotopic (exact) mass is 329 g/mol. The first-order valence-electron chi connectivity index (χ1n) is 6.45. The van der Waals surface area contributed by atoms with Crippen LogP contribution in [0.5, 0.6) is 0 Å². The standard InChI is InChI=1S/C13H19N3O3S2/c1-9-12(20-8-15-9)7-16(4)21(17,18)13-5-11(6-14-3)19-10(13)2/h5,8,14H,6-7H2,1-4H3. The molecule has 0 aliphatic carbocycles. The molecule has 1 N–H and O–H groups in total. The lowest BCUT2D eigenvalue weighted by molar-refractivity contribution is 0.453. The second-order valence-corrected chi connectivity index (χ2v) is 7.74. The predicted octanol–water partition coefficient (Wildman–Crippen LogP) is 1.89. The SMILES string of the molecule is CNCc1cc(S(=O)(=O)N(C)Cc2scnc2C)c(C)o1. The Bertz CT molecular complexity index is 719. The Morgan fingerprint density at radius 3 is 2.71 bits per heavy atom. The van der Waals surface area contributed by atoms with Gasteiger partial charge in [0, 0.05) is 24.5 Å². The van der Waals surface area contributed by atoms with Crippen LogP contribution in [-0.4, -0.2) is 31.8 Å². The highest BCUT2D eigenvalue weighted by Crippen LogP contribution is 2.25. The number of sulfonamides is 1. The molecule has 2 heterocycles. The largest absolute Gasteiger partial charge is 0.464 e. The van der Waals surface area contributed by atoms with Gasteiger partial charge in [-0.1, -0.05) is 0 Å². The molecule has 0 amide bonds. The van der Waals surface area contributed by atoms with Gasteiger partial charge in [0.15, 0.2) is 0 Å². The summed E-state index contributed by atoms with van der Waals surface area (Å²) >= 11 is 1.46. The highest BCUT2D eigenvalue weighted by Gasteiger charge is 2.26. The predicted molar refractivity (Wildman–Crippen MR) is 81.7 cm³/mol. The first-order chi connectivity index (χ1) is 9.86. The van der Waals surface area contributed by atoms with Crippen molar-refractivity contribution in [2.75, 3.05) is 14.1 Å². The van der Waals surface area contributed by atoms with Crippen molar-refractivity contribution in [2.45, 2.75) is 31.8 Å². The van der Waals surface area contributed by atoms with Crippen molar-refractivity contribution < 1.29 is 12.8 Å². The molecular formula is C13H19N3O3S2. The van der Waals surface area contributed by atoms with Gasteiger partial charge in [-0.15, -0.1) is 11.3 Å². The van der Waals surface area contributed by atoms with Crippen molar-refractivity contribution in [1.29, 1.82) is 0 Å². The number of hydrogen-bond donors (Lipinski definition) is 1. The second-order valence-electron chi connectivity index (χ2n) is 4.79. The van der Waals surface area contributed by atoms with Gasteiger partial charge < -0.3 is 9.73 Å². The van der Waals surface area contributed by atoms with E-state index in [-0.39, 0.29) is 4.90 Å². The number of furan rings is 1. The second kappa shape index (κ2) is 6.27. The fourth-order valence-electron chi connectivity index (χ4n) is 1.97. The topological polar surface area (TPSA) is 75.4 Å². The number of rotatable bonds is 6. The van der Waals surface area contributed by atoms with Crippen LogP contribution in [0.4, 0.5) is 0 Å². The van der Waals surface area contributed by atoms with Gasteiger partial charge in [0.2, 0.25) is 10.0 Å². The van der Waals surface area contributed by atoms with Crippen molar-refractivity contribution in [1.82, 2.24) is 14.6 Å². The Morgan fingerprint density at radius 1 is 1.43 bits per heavy atom. The van der Waals surface area contributed by atoms with Crippen LogP contribution >= 0.6 is 11.3 Å². The maximum Gasteiger partial charge on any atom is 0.246 e. The van der Waals surface area contributed by atoms with Crippen molar-refractivity contribution >= 4 is 21.4 Å². The summed E-state index contributed by atoms with van der Waals surface area (Å²) in [4.78, 5) is 5.30. The molecule has 0 spiro atoms. The maximum atomic E-state index is 12.6. The van der Waals surface area contributed by atoms with E-state index in [1.54, 1.807) is 32.6 Å². The van der Waals surface area contributed by atoms with E-state index in [4.69, 9.17) is 4.42 Å². The van der Waals surface area contributed by atoms with E-state index in [9.17, 15) is 8.42 Å². The zero-order valence-corrected chi connectivity index (χ0v) is 14.1. The molecule has 21 heavy (non-hydrogen) atoms. The first-order valence-corrected chi connectivity index (χ1v) is 8.77. The molecule has 0 aromatic carbocycles. The molecule has 0 fully saturated rings. The molecule has 0 bridgehead atoms. The Kier molecular flexibility index (Phi) is 4.82. The average Bonchev–Trinajstić information content (AvgIpc) is 2.97. The van der Waals surface area contributed by atoms with Crippen LogP contribution in [0.3, 0.4) is 0 Å². The number of thiazole rings is 1. The summed E-state index contributed by atoms with van der Waals surface area (Å²) in [7, 11) is -0.219. The van der Waals surface area contributed by atoms with Crippen LogP contribution in [0.15, 0.2) is 20.9 Å². The van der Waals surface area contributed by atoms with Crippen LogP contribution in [0.2, 0.25) is 0 Å². The summed E-state index contributed by atoms with van der Waals surface area (Å²) < 4.78 is 32.1. The lowest BCUT2D eigenvalue weighted by atomic mass is 10.4. The molecule has 0 aliphatic heterocycles. The van der Waals surface area contributed by atoms with Crippen LogP contribution < -0.4 is 5.32 Å². The molecule has 0 saturated heterocycles. The van der Waals surface area contributed by atoms with Crippen LogP contribution in [-0.2, 0) is 23.1 Å². The van der Waals surface area contributed by atoms with E-state index >= 15 is 0 Å². The molecule has 2 rings (SSSR count). The quantitative estimate of drug-likeness (QED) is 0.876. The summed E-state index contributed by atoms with van der Waals surface area (Å²) in [6.45, 7) is 4.34. The van der Waals surface area contributed by atoms with Crippen molar-refractivity contribution in [2.24, 2.45) is 0 Å². The number of nitrogens with one attached hydrogen (secondary N) is 1. The summed E-state index contributed by atoms with van der Waals surface area (Å²) in [5, 5.41) is 2.94. The maximum absolute atomic E-state index is 12.6. The van der Waals surface area contributed by atoms with E-state index < -0.39 is 10.0 Å². The van der Waals surface area contributed by atoms with Gasteiger partial charge in [-0.3, -0.25) is 0 Å². The molecule has 8 heteroatoms. The molecule has 2 aromatic rings. The molecule has 0 atom stereocenters. The van der Waals surface area contributed by atoms with Gasteiger partial charge in [-0.25, -0.2) is 13.4 Å². The highest BCUT2D eigenvalue weighted by atomic mass is 32.2. The molecule has 116 valence electrons. The Labute approximate surface area is 128 Å². The summed E-state index contributed by atoms with van der Waals surface area (Å²) in [5.41, 5.74) is 2.58. The smallest absolute Gasteiger partial charge is 0.246 e. The van der Waals surface area contributed by atoms with E-state index in [0.717, 1.165) is 10.6 Å². The molecule has 0 aliphatic rings. The third kappa shape index (κ3) is 3.34. The minimum Gasteiger partial charge on any atom is -0.464 e.